The zero-order chi connectivity index (χ0) is 11.5. The van der Waals surface area contributed by atoms with Crippen molar-refractivity contribution in [1.82, 2.24) is 5.32 Å². The van der Waals surface area contributed by atoms with E-state index in [1.165, 1.54) is 12.3 Å². The van der Waals surface area contributed by atoms with Crippen LogP contribution < -0.4 is 5.32 Å². The van der Waals surface area contributed by atoms with E-state index in [1.807, 2.05) is 0 Å². The lowest BCUT2D eigenvalue weighted by Crippen LogP contribution is -2.37. The highest BCUT2D eigenvalue weighted by Gasteiger charge is 2.27. The molecule has 5 nitrogen and oxygen atoms in total. The lowest BCUT2D eigenvalue weighted by molar-refractivity contribution is -0.129. The summed E-state index contributed by atoms with van der Waals surface area (Å²) >= 11 is 0. The predicted molar refractivity (Wildman–Crippen MR) is 54.8 cm³/mol. The summed E-state index contributed by atoms with van der Waals surface area (Å²) in [4.78, 5) is 22.9. The quantitative estimate of drug-likeness (QED) is 0.776. The van der Waals surface area contributed by atoms with Crippen molar-refractivity contribution in [3.63, 3.8) is 0 Å². The maximum atomic E-state index is 11.5. The van der Waals surface area contributed by atoms with Crippen molar-refractivity contribution < 1.29 is 18.7 Å². The molecule has 16 heavy (non-hydrogen) atoms. The minimum absolute atomic E-state index is 0.103. The predicted octanol–water partition coefficient (Wildman–Crippen LogP) is 1.10. The van der Waals surface area contributed by atoms with Gasteiger partial charge in [-0.15, -0.1) is 0 Å². The van der Waals surface area contributed by atoms with Crippen LogP contribution in [0.3, 0.4) is 0 Å². The van der Waals surface area contributed by atoms with E-state index in [9.17, 15) is 9.59 Å². The first-order chi connectivity index (χ1) is 7.66. The highest BCUT2D eigenvalue weighted by molar-refractivity contribution is 5.90. The fourth-order valence-corrected chi connectivity index (χ4v) is 1.21. The van der Waals surface area contributed by atoms with Crippen LogP contribution in [0.25, 0.3) is 0 Å². The van der Waals surface area contributed by atoms with Crippen LogP contribution in [0.4, 0.5) is 0 Å². The largest absolute Gasteiger partial charge is 0.457 e. The topological polar surface area (TPSA) is 68.5 Å². The molecule has 86 valence electrons. The summed E-state index contributed by atoms with van der Waals surface area (Å²) in [5.41, 5.74) is 0. The SMILES string of the molecule is C[C@H](OC(=O)c1ccco1)C(=O)NC1CC1. The third-order valence-electron chi connectivity index (χ3n) is 2.30. The van der Waals surface area contributed by atoms with Crippen LogP contribution >= 0.6 is 0 Å². The van der Waals surface area contributed by atoms with Crippen LogP contribution in [0.1, 0.15) is 30.3 Å². The van der Waals surface area contributed by atoms with Crippen LogP contribution in [0, 0.1) is 0 Å². The first kappa shape index (κ1) is 10.7. The Labute approximate surface area is 92.8 Å². The van der Waals surface area contributed by atoms with Crippen molar-refractivity contribution in [3.05, 3.63) is 24.2 Å². The Bertz CT molecular complexity index is 381. The van der Waals surface area contributed by atoms with E-state index >= 15 is 0 Å². The maximum absolute atomic E-state index is 11.5. The molecule has 1 fully saturated rings. The van der Waals surface area contributed by atoms with Gasteiger partial charge in [-0.25, -0.2) is 4.79 Å². The number of carbonyl (C=O) groups excluding carboxylic acids is 2. The Morgan fingerprint density at radius 3 is 2.88 bits per heavy atom. The third kappa shape index (κ3) is 2.62. The molecular weight excluding hydrogens is 210 g/mol. The lowest BCUT2D eigenvalue weighted by Gasteiger charge is -2.11. The molecule has 1 heterocycles. The van der Waals surface area contributed by atoms with E-state index < -0.39 is 12.1 Å². The summed E-state index contributed by atoms with van der Waals surface area (Å²) in [6.07, 6.45) is 2.60. The molecule has 2 rings (SSSR count). The van der Waals surface area contributed by atoms with Gasteiger partial charge >= 0.3 is 5.97 Å². The van der Waals surface area contributed by atoms with Gasteiger partial charge in [-0.3, -0.25) is 4.79 Å². The summed E-state index contributed by atoms with van der Waals surface area (Å²) in [5, 5.41) is 2.76. The number of nitrogens with one attached hydrogen (secondary N) is 1. The second-order valence-electron chi connectivity index (χ2n) is 3.81. The van der Waals surface area contributed by atoms with Gasteiger partial charge in [-0.05, 0) is 31.9 Å². The van der Waals surface area contributed by atoms with Crippen molar-refractivity contribution in [1.29, 1.82) is 0 Å². The molecule has 1 aromatic rings. The molecule has 1 aliphatic carbocycles. The number of esters is 1. The normalized spacial score (nSPS) is 16.6. The van der Waals surface area contributed by atoms with Crippen molar-refractivity contribution in [2.75, 3.05) is 0 Å². The molecule has 0 aromatic carbocycles. The molecule has 0 spiro atoms. The first-order valence-corrected chi connectivity index (χ1v) is 5.21. The lowest BCUT2D eigenvalue weighted by atomic mass is 10.3. The fraction of sp³-hybridized carbons (Fsp3) is 0.455. The second-order valence-corrected chi connectivity index (χ2v) is 3.81. The molecule has 0 aliphatic heterocycles. The molecule has 1 atom stereocenters. The Hall–Kier alpha value is -1.78. The third-order valence-corrected chi connectivity index (χ3v) is 2.30. The molecule has 1 amide bonds. The smallest absolute Gasteiger partial charge is 0.374 e. The number of amides is 1. The number of ether oxygens (including phenoxy) is 1. The zero-order valence-corrected chi connectivity index (χ0v) is 8.93. The van der Waals surface area contributed by atoms with E-state index in [0.29, 0.717) is 0 Å². The van der Waals surface area contributed by atoms with E-state index in [2.05, 4.69) is 5.32 Å². The Kier molecular flexibility index (Phi) is 2.94. The van der Waals surface area contributed by atoms with Crippen LogP contribution in [-0.4, -0.2) is 24.0 Å². The van der Waals surface area contributed by atoms with Gasteiger partial charge in [-0.1, -0.05) is 0 Å². The summed E-state index contributed by atoms with van der Waals surface area (Å²) in [7, 11) is 0. The van der Waals surface area contributed by atoms with Crippen LogP contribution in [0.5, 0.6) is 0 Å². The molecule has 0 saturated heterocycles. The zero-order valence-electron chi connectivity index (χ0n) is 8.93. The number of hydrogen-bond donors (Lipinski definition) is 1. The van der Waals surface area contributed by atoms with E-state index in [-0.39, 0.29) is 17.7 Å². The van der Waals surface area contributed by atoms with Gasteiger partial charge in [0.2, 0.25) is 5.76 Å². The van der Waals surface area contributed by atoms with Gasteiger partial charge in [0.25, 0.3) is 5.91 Å². The molecule has 1 N–H and O–H groups in total. The van der Waals surface area contributed by atoms with E-state index in [4.69, 9.17) is 9.15 Å². The molecule has 5 heteroatoms. The van der Waals surface area contributed by atoms with E-state index in [0.717, 1.165) is 12.8 Å². The van der Waals surface area contributed by atoms with Gasteiger partial charge in [0, 0.05) is 6.04 Å². The van der Waals surface area contributed by atoms with Crippen LogP contribution in [0.2, 0.25) is 0 Å². The maximum Gasteiger partial charge on any atom is 0.374 e. The van der Waals surface area contributed by atoms with Crippen LogP contribution in [0.15, 0.2) is 22.8 Å². The Morgan fingerprint density at radius 2 is 2.31 bits per heavy atom. The molecule has 1 aliphatic rings. The highest BCUT2D eigenvalue weighted by atomic mass is 16.6. The summed E-state index contributed by atoms with van der Waals surface area (Å²) < 4.78 is 9.80. The average Bonchev–Trinajstić information content (AvgIpc) is 2.89. The molecular formula is C11H13NO4. The summed E-state index contributed by atoms with van der Waals surface area (Å²) in [6.45, 7) is 1.54. The van der Waals surface area contributed by atoms with Gasteiger partial charge in [0.05, 0.1) is 6.26 Å². The Morgan fingerprint density at radius 1 is 1.56 bits per heavy atom. The van der Waals surface area contributed by atoms with E-state index in [1.54, 1.807) is 13.0 Å². The van der Waals surface area contributed by atoms with Gasteiger partial charge in [0.1, 0.15) is 0 Å². The molecule has 1 aromatic heterocycles. The van der Waals surface area contributed by atoms with Crippen molar-refractivity contribution in [2.45, 2.75) is 31.9 Å². The van der Waals surface area contributed by atoms with Gasteiger partial charge < -0.3 is 14.5 Å². The van der Waals surface area contributed by atoms with Gasteiger partial charge in [-0.2, -0.15) is 0 Å². The van der Waals surface area contributed by atoms with Crippen molar-refractivity contribution >= 4 is 11.9 Å². The standard InChI is InChI=1S/C11H13NO4/c1-7(10(13)12-8-4-5-8)16-11(14)9-3-2-6-15-9/h2-3,6-8H,4-5H2,1H3,(H,12,13)/t7-/m0/s1. The van der Waals surface area contributed by atoms with Gasteiger partial charge in [0.15, 0.2) is 6.10 Å². The molecule has 0 unspecified atom stereocenters. The Balaban J connectivity index is 1.83. The second kappa shape index (κ2) is 4.38. The summed E-state index contributed by atoms with van der Waals surface area (Å²) in [6, 6.07) is 3.34. The monoisotopic (exact) mass is 223 g/mol. The molecule has 0 radical (unpaired) electrons. The van der Waals surface area contributed by atoms with Crippen molar-refractivity contribution in [3.8, 4) is 0 Å². The average molecular weight is 223 g/mol. The number of furan rings is 1. The molecule has 0 bridgehead atoms. The minimum Gasteiger partial charge on any atom is -0.457 e. The highest BCUT2D eigenvalue weighted by Crippen LogP contribution is 2.18. The fourth-order valence-electron chi connectivity index (χ4n) is 1.21. The number of hydrogen-bond acceptors (Lipinski definition) is 4. The number of rotatable bonds is 4. The van der Waals surface area contributed by atoms with Crippen LogP contribution in [-0.2, 0) is 9.53 Å². The minimum atomic E-state index is -0.793. The molecule has 1 saturated carbocycles. The first-order valence-electron chi connectivity index (χ1n) is 5.21. The van der Waals surface area contributed by atoms with Crippen molar-refractivity contribution in [2.24, 2.45) is 0 Å². The summed E-state index contributed by atoms with van der Waals surface area (Å²) in [5.74, 6) is -0.781. The number of carbonyl (C=O) groups is 2.